The normalized spacial score (nSPS) is 22.1. The molecular formula is C13H28N2S. The fraction of sp³-hybridized carbons (Fsp3) is 1.00. The Labute approximate surface area is 106 Å². The summed E-state index contributed by atoms with van der Waals surface area (Å²) in [6, 6.07) is 0.728. The standard InChI is InChI=1S/C13H28N2S/c1-4-16-9-5-7-14-10-13-6-8-15(11-13)12(2)3/h12-14H,4-11H2,1-3H3. The van der Waals surface area contributed by atoms with Crippen molar-refractivity contribution in [1.29, 1.82) is 0 Å². The number of rotatable bonds is 8. The highest BCUT2D eigenvalue weighted by Gasteiger charge is 2.23. The molecule has 0 aliphatic carbocycles. The summed E-state index contributed by atoms with van der Waals surface area (Å²) in [6.07, 6.45) is 2.70. The van der Waals surface area contributed by atoms with Crippen molar-refractivity contribution in [2.45, 2.75) is 39.7 Å². The van der Waals surface area contributed by atoms with Gasteiger partial charge in [0.25, 0.3) is 0 Å². The highest BCUT2D eigenvalue weighted by atomic mass is 32.2. The third-order valence-electron chi connectivity index (χ3n) is 3.33. The third kappa shape index (κ3) is 5.55. The minimum absolute atomic E-state index is 0.728. The summed E-state index contributed by atoms with van der Waals surface area (Å²) < 4.78 is 0. The van der Waals surface area contributed by atoms with E-state index >= 15 is 0 Å². The van der Waals surface area contributed by atoms with Gasteiger partial charge >= 0.3 is 0 Å². The van der Waals surface area contributed by atoms with Gasteiger partial charge in [-0.1, -0.05) is 6.92 Å². The average Bonchev–Trinajstić information content (AvgIpc) is 2.72. The average molecular weight is 244 g/mol. The second kappa shape index (κ2) is 8.37. The molecule has 0 radical (unpaired) electrons. The Kier molecular flexibility index (Phi) is 7.50. The number of likely N-dealkylation sites (tertiary alicyclic amines) is 1. The zero-order chi connectivity index (χ0) is 11.8. The molecule has 1 heterocycles. The van der Waals surface area contributed by atoms with Crippen molar-refractivity contribution in [2.75, 3.05) is 37.7 Å². The quantitative estimate of drug-likeness (QED) is 0.660. The molecule has 1 rings (SSSR count). The van der Waals surface area contributed by atoms with Crippen LogP contribution in [0.5, 0.6) is 0 Å². The number of nitrogens with one attached hydrogen (secondary N) is 1. The molecule has 1 unspecified atom stereocenters. The van der Waals surface area contributed by atoms with E-state index in [1.165, 1.54) is 50.5 Å². The summed E-state index contributed by atoms with van der Waals surface area (Å²) in [5.41, 5.74) is 0. The zero-order valence-corrected chi connectivity index (χ0v) is 12.0. The van der Waals surface area contributed by atoms with Crippen LogP contribution < -0.4 is 5.32 Å². The third-order valence-corrected chi connectivity index (χ3v) is 4.31. The van der Waals surface area contributed by atoms with E-state index in [1.807, 2.05) is 11.8 Å². The largest absolute Gasteiger partial charge is 0.316 e. The molecule has 1 aliphatic heterocycles. The van der Waals surface area contributed by atoms with Crippen LogP contribution in [0, 0.1) is 5.92 Å². The van der Waals surface area contributed by atoms with Crippen LogP contribution in [0.1, 0.15) is 33.6 Å². The lowest BCUT2D eigenvalue weighted by Gasteiger charge is -2.20. The smallest absolute Gasteiger partial charge is 0.00387 e. The van der Waals surface area contributed by atoms with Crippen molar-refractivity contribution in [3.63, 3.8) is 0 Å². The van der Waals surface area contributed by atoms with E-state index in [4.69, 9.17) is 0 Å². The van der Waals surface area contributed by atoms with Gasteiger partial charge in [0.1, 0.15) is 0 Å². The maximum atomic E-state index is 3.61. The molecule has 16 heavy (non-hydrogen) atoms. The number of hydrogen-bond acceptors (Lipinski definition) is 3. The van der Waals surface area contributed by atoms with Gasteiger partial charge in [-0.25, -0.2) is 0 Å². The number of hydrogen-bond donors (Lipinski definition) is 1. The summed E-state index contributed by atoms with van der Waals surface area (Å²) >= 11 is 2.05. The fourth-order valence-corrected chi connectivity index (χ4v) is 2.89. The summed E-state index contributed by atoms with van der Waals surface area (Å²) in [7, 11) is 0. The Morgan fingerprint density at radius 3 is 2.88 bits per heavy atom. The molecule has 96 valence electrons. The minimum atomic E-state index is 0.728. The highest BCUT2D eigenvalue weighted by Crippen LogP contribution is 2.17. The molecule has 0 aromatic rings. The summed E-state index contributed by atoms with van der Waals surface area (Å²) in [6.45, 7) is 11.9. The van der Waals surface area contributed by atoms with Crippen molar-refractivity contribution in [3.8, 4) is 0 Å². The number of thioether (sulfide) groups is 1. The molecule has 3 heteroatoms. The van der Waals surface area contributed by atoms with Gasteiger partial charge < -0.3 is 10.2 Å². The van der Waals surface area contributed by atoms with Crippen LogP contribution in [0.4, 0.5) is 0 Å². The van der Waals surface area contributed by atoms with Gasteiger partial charge in [-0.05, 0) is 63.7 Å². The molecule has 0 bridgehead atoms. The lowest BCUT2D eigenvalue weighted by Crippen LogP contribution is -2.31. The van der Waals surface area contributed by atoms with E-state index in [0.29, 0.717) is 0 Å². The van der Waals surface area contributed by atoms with E-state index in [9.17, 15) is 0 Å². The number of nitrogens with zero attached hydrogens (tertiary/aromatic N) is 1. The maximum Gasteiger partial charge on any atom is 0.00387 e. The molecular weight excluding hydrogens is 216 g/mol. The predicted octanol–water partition coefficient (Wildman–Crippen LogP) is 2.45. The van der Waals surface area contributed by atoms with Gasteiger partial charge in [-0.15, -0.1) is 0 Å². The van der Waals surface area contributed by atoms with Crippen LogP contribution >= 0.6 is 11.8 Å². The van der Waals surface area contributed by atoms with E-state index in [2.05, 4.69) is 31.0 Å². The van der Waals surface area contributed by atoms with Crippen molar-refractivity contribution in [1.82, 2.24) is 10.2 Å². The van der Waals surface area contributed by atoms with Crippen LogP contribution in [-0.4, -0.2) is 48.6 Å². The second-order valence-electron chi connectivity index (χ2n) is 5.00. The van der Waals surface area contributed by atoms with E-state index in [0.717, 1.165) is 12.0 Å². The second-order valence-corrected chi connectivity index (χ2v) is 6.39. The summed E-state index contributed by atoms with van der Waals surface area (Å²) in [4.78, 5) is 2.60. The molecule has 2 nitrogen and oxygen atoms in total. The maximum absolute atomic E-state index is 3.61. The SMILES string of the molecule is CCSCCCNCC1CCN(C(C)C)C1. The van der Waals surface area contributed by atoms with Crippen molar-refractivity contribution in [2.24, 2.45) is 5.92 Å². The van der Waals surface area contributed by atoms with Gasteiger partial charge in [-0.3, -0.25) is 0 Å². The van der Waals surface area contributed by atoms with Crippen molar-refractivity contribution in [3.05, 3.63) is 0 Å². The molecule has 1 fully saturated rings. The van der Waals surface area contributed by atoms with Gasteiger partial charge in [-0.2, -0.15) is 11.8 Å². The monoisotopic (exact) mass is 244 g/mol. The molecule has 0 amide bonds. The summed E-state index contributed by atoms with van der Waals surface area (Å²) in [5.74, 6) is 3.46. The molecule has 1 atom stereocenters. The van der Waals surface area contributed by atoms with E-state index in [1.54, 1.807) is 0 Å². The van der Waals surface area contributed by atoms with Crippen LogP contribution in [0.15, 0.2) is 0 Å². The van der Waals surface area contributed by atoms with Crippen LogP contribution in [0.25, 0.3) is 0 Å². The predicted molar refractivity (Wildman–Crippen MR) is 75.3 cm³/mol. The molecule has 1 saturated heterocycles. The molecule has 0 spiro atoms. The van der Waals surface area contributed by atoms with Gasteiger partial charge in [0, 0.05) is 12.6 Å². The van der Waals surface area contributed by atoms with Crippen molar-refractivity contribution >= 4 is 11.8 Å². The Bertz CT molecular complexity index is 173. The molecule has 0 aromatic carbocycles. The Morgan fingerprint density at radius 2 is 2.25 bits per heavy atom. The first-order chi connectivity index (χ1) is 7.74. The molecule has 1 N–H and O–H groups in total. The first-order valence-corrected chi connectivity index (χ1v) is 7.92. The van der Waals surface area contributed by atoms with Crippen LogP contribution in [0.2, 0.25) is 0 Å². The topological polar surface area (TPSA) is 15.3 Å². The minimum Gasteiger partial charge on any atom is -0.316 e. The van der Waals surface area contributed by atoms with Crippen molar-refractivity contribution < 1.29 is 0 Å². The lowest BCUT2D eigenvalue weighted by molar-refractivity contribution is 0.264. The zero-order valence-electron chi connectivity index (χ0n) is 11.2. The molecule has 1 aliphatic rings. The van der Waals surface area contributed by atoms with Gasteiger partial charge in [0.2, 0.25) is 0 Å². The highest BCUT2D eigenvalue weighted by molar-refractivity contribution is 7.99. The van der Waals surface area contributed by atoms with Crippen LogP contribution in [-0.2, 0) is 0 Å². The van der Waals surface area contributed by atoms with Gasteiger partial charge in [0.05, 0.1) is 0 Å². The Hall–Kier alpha value is 0.270. The Morgan fingerprint density at radius 1 is 1.44 bits per heavy atom. The van der Waals surface area contributed by atoms with Crippen LogP contribution in [0.3, 0.4) is 0 Å². The van der Waals surface area contributed by atoms with Gasteiger partial charge in [0.15, 0.2) is 0 Å². The van der Waals surface area contributed by atoms with E-state index in [-0.39, 0.29) is 0 Å². The summed E-state index contributed by atoms with van der Waals surface area (Å²) in [5, 5.41) is 3.61. The first-order valence-electron chi connectivity index (χ1n) is 6.76. The Balaban J connectivity index is 1.94. The lowest BCUT2D eigenvalue weighted by atomic mass is 10.1. The molecule has 0 aromatic heterocycles. The fourth-order valence-electron chi connectivity index (χ4n) is 2.25. The molecule has 0 saturated carbocycles. The first kappa shape index (κ1) is 14.3. The van der Waals surface area contributed by atoms with E-state index < -0.39 is 0 Å².